The van der Waals surface area contributed by atoms with Gasteiger partial charge in [0.1, 0.15) is 0 Å². The molecular formula is C58H111NO7Si. The third-order valence-electron chi connectivity index (χ3n) is 13.1. The van der Waals surface area contributed by atoms with Crippen LogP contribution in [-0.2, 0) is 13.3 Å². The van der Waals surface area contributed by atoms with Gasteiger partial charge in [-0.25, -0.2) is 0 Å². The van der Waals surface area contributed by atoms with E-state index in [0.29, 0.717) is 81.5 Å². The van der Waals surface area contributed by atoms with Crippen molar-refractivity contribution in [1.82, 2.24) is 5.32 Å². The Morgan fingerprint density at radius 1 is 0.388 bits per heavy atom. The largest absolute Gasteiger partial charge is 0.500 e. The van der Waals surface area contributed by atoms with Crippen LogP contribution in [0.1, 0.15) is 289 Å². The van der Waals surface area contributed by atoms with Crippen molar-refractivity contribution in [3.63, 3.8) is 0 Å². The van der Waals surface area contributed by atoms with Crippen LogP contribution >= 0.6 is 0 Å². The number of hydrogen-bond acceptors (Lipinski definition) is 7. The fourth-order valence-corrected chi connectivity index (χ4v) is 11.7. The quantitative estimate of drug-likeness (QED) is 0.0514. The third-order valence-corrected chi connectivity index (χ3v) is 16.2. The van der Waals surface area contributed by atoms with E-state index in [4.69, 9.17) is 27.5 Å². The molecule has 0 aromatic heterocycles. The van der Waals surface area contributed by atoms with Gasteiger partial charge in [0.25, 0.3) is 5.91 Å². The lowest BCUT2D eigenvalue weighted by Crippen LogP contribution is -2.46. The van der Waals surface area contributed by atoms with Crippen LogP contribution in [0.3, 0.4) is 0 Å². The number of carbonyl (C=O) groups excluding carboxylic acids is 1. The van der Waals surface area contributed by atoms with Gasteiger partial charge in [0, 0.05) is 38.0 Å². The molecule has 0 aliphatic carbocycles. The number of benzene rings is 1. The van der Waals surface area contributed by atoms with Crippen LogP contribution < -0.4 is 19.5 Å². The molecular weight excluding hydrogens is 851 g/mol. The van der Waals surface area contributed by atoms with Crippen LogP contribution in [0.5, 0.6) is 17.2 Å². The van der Waals surface area contributed by atoms with E-state index < -0.39 is 8.80 Å². The molecule has 0 atom stereocenters. The molecule has 1 aromatic carbocycles. The first-order chi connectivity index (χ1) is 33.0. The molecule has 1 rings (SSSR count). The van der Waals surface area contributed by atoms with Gasteiger partial charge in [-0.3, -0.25) is 4.79 Å². The van der Waals surface area contributed by atoms with Crippen LogP contribution in [0, 0.1) is 0 Å². The zero-order valence-corrected chi connectivity index (χ0v) is 46.3. The van der Waals surface area contributed by atoms with Crippen LogP contribution in [0.15, 0.2) is 12.1 Å². The summed E-state index contributed by atoms with van der Waals surface area (Å²) in [4.78, 5) is 13.9. The maximum Gasteiger partial charge on any atom is 0.500 e. The Morgan fingerprint density at radius 2 is 0.672 bits per heavy atom. The van der Waals surface area contributed by atoms with Crippen molar-refractivity contribution in [3.8, 4) is 17.2 Å². The fraction of sp³-hybridized carbons (Fsp3) is 0.879. The SMILES string of the molecule is CCCCCCCCCCCCCCOc1cc(C(=O)NCCC[Si](OCC)(OCC)OCC)cc(OCCCCCCCCCCCCCC)c1OCCCCCCCCCCCCCC. The van der Waals surface area contributed by atoms with E-state index in [1.165, 1.54) is 193 Å². The molecule has 67 heavy (non-hydrogen) atoms. The second-order valence-corrected chi connectivity index (χ2v) is 22.1. The Bertz CT molecular complexity index is 1150. The molecule has 1 aromatic rings. The van der Waals surface area contributed by atoms with Gasteiger partial charge >= 0.3 is 8.80 Å². The molecule has 0 unspecified atom stereocenters. The van der Waals surface area contributed by atoms with Crippen molar-refractivity contribution < 1.29 is 32.3 Å². The average molecular weight is 963 g/mol. The summed E-state index contributed by atoms with van der Waals surface area (Å²) in [5.41, 5.74) is 0.537. The number of rotatable bonds is 53. The van der Waals surface area contributed by atoms with Crippen LogP contribution in [-0.4, -0.2) is 60.9 Å². The van der Waals surface area contributed by atoms with Gasteiger partial charge in [-0.2, -0.15) is 0 Å². The summed E-state index contributed by atoms with van der Waals surface area (Å²) in [7, 11) is -2.79. The molecule has 1 amide bonds. The summed E-state index contributed by atoms with van der Waals surface area (Å²) in [5.74, 6) is 1.75. The second kappa shape index (κ2) is 47.8. The Balaban J connectivity index is 2.99. The molecule has 0 spiro atoms. The first-order valence-corrected chi connectivity index (χ1v) is 31.2. The van der Waals surface area contributed by atoms with Gasteiger partial charge in [0.05, 0.1) is 19.8 Å². The minimum Gasteiger partial charge on any atom is -0.490 e. The van der Waals surface area contributed by atoms with Crippen LogP contribution in [0.2, 0.25) is 6.04 Å². The molecule has 0 fully saturated rings. The lowest BCUT2D eigenvalue weighted by Gasteiger charge is -2.28. The van der Waals surface area contributed by atoms with Crippen molar-refractivity contribution in [1.29, 1.82) is 0 Å². The molecule has 8 nitrogen and oxygen atoms in total. The van der Waals surface area contributed by atoms with Crippen LogP contribution in [0.25, 0.3) is 0 Å². The summed E-state index contributed by atoms with van der Waals surface area (Å²) >= 11 is 0. The average Bonchev–Trinajstić information content (AvgIpc) is 3.32. The third kappa shape index (κ3) is 35.9. The highest BCUT2D eigenvalue weighted by Gasteiger charge is 2.39. The smallest absolute Gasteiger partial charge is 0.490 e. The van der Waals surface area contributed by atoms with Crippen molar-refractivity contribution >= 4 is 14.7 Å². The van der Waals surface area contributed by atoms with Gasteiger partial charge in [-0.15, -0.1) is 0 Å². The summed E-state index contributed by atoms with van der Waals surface area (Å²) in [6.07, 6.45) is 47.5. The fourth-order valence-electron chi connectivity index (χ4n) is 9.04. The minimum absolute atomic E-state index is 0.144. The maximum absolute atomic E-state index is 13.9. The Hall–Kier alpha value is -1.81. The van der Waals surface area contributed by atoms with Crippen molar-refractivity contribution in [2.24, 2.45) is 0 Å². The van der Waals surface area contributed by atoms with Gasteiger partial charge in [0.2, 0.25) is 5.75 Å². The molecule has 394 valence electrons. The van der Waals surface area contributed by atoms with Crippen molar-refractivity contribution in [2.45, 2.75) is 285 Å². The predicted octanol–water partition coefficient (Wildman–Crippen LogP) is 18.1. The van der Waals surface area contributed by atoms with E-state index >= 15 is 0 Å². The molecule has 0 aliphatic rings. The summed E-state index contributed by atoms with van der Waals surface area (Å²) in [6.45, 7) is 16.7. The van der Waals surface area contributed by atoms with E-state index in [1.807, 2.05) is 32.9 Å². The molecule has 1 N–H and O–H groups in total. The zero-order valence-electron chi connectivity index (χ0n) is 45.3. The Labute approximate surface area is 417 Å². The molecule has 0 saturated heterocycles. The molecule has 0 aliphatic heterocycles. The number of ether oxygens (including phenoxy) is 3. The van der Waals surface area contributed by atoms with Gasteiger partial charge < -0.3 is 32.8 Å². The highest BCUT2D eigenvalue weighted by molar-refractivity contribution is 6.60. The molecule has 9 heteroatoms. The lowest BCUT2D eigenvalue weighted by atomic mass is 10.1. The van der Waals surface area contributed by atoms with E-state index in [1.54, 1.807) is 0 Å². The molecule has 0 bridgehead atoms. The van der Waals surface area contributed by atoms with E-state index in [0.717, 1.165) is 38.5 Å². The monoisotopic (exact) mass is 962 g/mol. The highest BCUT2D eigenvalue weighted by Crippen LogP contribution is 2.40. The van der Waals surface area contributed by atoms with Crippen LogP contribution in [0.4, 0.5) is 0 Å². The second-order valence-electron chi connectivity index (χ2n) is 19.4. The first kappa shape index (κ1) is 63.2. The number of carbonyl (C=O) groups is 1. The standard InChI is InChI=1S/C58H111NO7Si/c1-7-13-16-19-22-25-28-31-34-37-40-43-48-61-55-52-54(58(60)59-47-46-51-67(64-10-4,65-11-5)66-12-6)53-56(62-49-44-41-38-35-32-29-26-23-20-17-14-8-2)57(55)63-50-45-42-39-36-33-30-27-24-21-18-15-9-3/h52-53H,7-51H2,1-6H3,(H,59,60). The van der Waals surface area contributed by atoms with Crippen molar-refractivity contribution in [3.05, 3.63) is 17.7 Å². The van der Waals surface area contributed by atoms with E-state index in [2.05, 4.69) is 26.1 Å². The van der Waals surface area contributed by atoms with Gasteiger partial charge in [-0.1, -0.05) is 233 Å². The zero-order chi connectivity index (χ0) is 48.6. The minimum atomic E-state index is -2.79. The Kier molecular flexibility index (Phi) is 45.1. The highest BCUT2D eigenvalue weighted by atomic mass is 28.4. The lowest BCUT2D eigenvalue weighted by molar-refractivity contribution is 0.0704. The number of unbranched alkanes of at least 4 members (excludes halogenated alkanes) is 33. The van der Waals surface area contributed by atoms with E-state index in [9.17, 15) is 4.79 Å². The molecule has 0 saturated carbocycles. The number of hydrogen-bond donors (Lipinski definition) is 1. The van der Waals surface area contributed by atoms with Gasteiger partial charge in [0.15, 0.2) is 11.5 Å². The van der Waals surface area contributed by atoms with Gasteiger partial charge in [-0.05, 0) is 58.6 Å². The Morgan fingerprint density at radius 3 is 0.970 bits per heavy atom. The topological polar surface area (TPSA) is 84.5 Å². The summed E-state index contributed by atoms with van der Waals surface area (Å²) in [6, 6.07) is 4.41. The summed E-state index contributed by atoms with van der Waals surface area (Å²) in [5, 5.41) is 3.17. The molecule has 0 radical (unpaired) electrons. The normalized spacial score (nSPS) is 11.7. The van der Waals surface area contributed by atoms with Crippen molar-refractivity contribution in [2.75, 3.05) is 46.2 Å². The molecule has 0 heterocycles. The number of amides is 1. The maximum atomic E-state index is 13.9. The first-order valence-electron chi connectivity index (χ1n) is 29.3. The summed E-state index contributed by atoms with van der Waals surface area (Å²) < 4.78 is 37.9. The van der Waals surface area contributed by atoms with E-state index in [-0.39, 0.29) is 5.91 Å². The number of nitrogens with one attached hydrogen (secondary N) is 1. The predicted molar refractivity (Wildman–Crippen MR) is 289 cm³/mol.